The molecule has 0 spiro atoms. The number of rotatable bonds is 6. The van der Waals surface area contributed by atoms with Gasteiger partial charge in [0.25, 0.3) is 0 Å². The first-order valence-electron chi connectivity index (χ1n) is 5.73. The summed E-state index contributed by atoms with van der Waals surface area (Å²) >= 11 is 5.18. The molecule has 17 heavy (non-hydrogen) atoms. The maximum atomic E-state index is 5.52. The zero-order valence-corrected chi connectivity index (χ0v) is 11.4. The van der Waals surface area contributed by atoms with E-state index in [1.54, 1.807) is 7.11 Å². The van der Waals surface area contributed by atoms with Gasteiger partial charge >= 0.3 is 0 Å². The highest BCUT2D eigenvalue weighted by Gasteiger charge is 2.09. The van der Waals surface area contributed by atoms with Crippen LogP contribution < -0.4 is 10.6 Å². The van der Waals surface area contributed by atoms with Crippen molar-refractivity contribution in [1.82, 2.24) is 10.6 Å². The standard InChI is InChI=1S/C12H20N2O2S/c1-9-5-6-11(16-9)10(2)14-12(17)13-7-4-8-15-3/h5-6,10H,4,7-8H2,1-3H3,(H2,13,14,17). The van der Waals surface area contributed by atoms with Gasteiger partial charge in [0.15, 0.2) is 5.11 Å². The Morgan fingerprint density at radius 2 is 2.29 bits per heavy atom. The average Bonchev–Trinajstić information content (AvgIpc) is 2.71. The monoisotopic (exact) mass is 256 g/mol. The highest BCUT2D eigenvalue weighted by atomic mass is 32.1. The fourth-order valence-corrected chi connectivity index (χ4v) is 1.70. The van der Waals surface area contributed by atoms with Crippen molar-refractivity contribution < 1.29 is 9.15 Å². The van der Waals surface area contributed by atoms with Gasteiger partial charge in [0.1, 0.15) is 11.5 Å². The fraction of sp³-hybridized carbons (Fsp3) is 0.583. The summed E-state index contributed by atoms with van der Waals surface area (Å²) in [7, 11) is 1.69. The Morgan fingerprint density at radius 1 is 1.53 bits per heavy atom. The van der Waals surface area contributed by atoms with E-state index in [0.717, 1.165) is 31.1 Å². The zero-order chi connectivity index (χ0) is 12.7. The molecule has 1 aromatic rings. The number of furan rings is 1. The van der Waals surface area contributed by atoms with E-state index in [1.807, 2.05) is 26.0 Å². The number of nitrogens with one attached hydrogen (secondary N) is 2. The van der Waals surface area contributed by atoms with Crippen molar-refractivity contribution in [3.05, 3.63) is 23.7 Å². The second kappa shape index (κ2) is 7.29. The third-order valence-electron chi connectivity index (χ3n) is 2.35. The van der Waals surface area contributed by atoms with Gasteiger partial charge in [0.2, 0.25) is 0 Å². The highest BCUT2D eigenvalue weighted by molar-refractivity contribution is 7.80. The van der Waals surface area contributed by atoms with Crippen LogP contribution in [0.4, 0.5) is 0 Å². The maximum Gasteiger partial charge on any atom is 0.166 e. The predicted octanol–water partition coefficient (Wildman–Crippen LogP) is 2.15. The molecule has 0 aliphatic heterocycles. The van der Waals surface area contributed by atoms with E-state index in [1.165, 1.54) is 0 Å². The fourth-order valence-electron chi connectivity index (χ4n) is 1.42. The van der Waals surface area contributed by atoms with E-state index >= 15 is 0 Å². The Morgan fingerprint density at radius 3 is 2.88 bits per heavy atom. The lowest BCUT2D eigenvalue weighted by atomic mass is 10.2. The second-order valence-corrected chi connectivity index (χ2v) is 4.32. The van der Waals surface area contributed by atoms with Crippen LogP contribution in [-0.2, 0) is 4.74 Å². The second-order valence-electron chi connectivity index (χ2n) is 3.92. The Kier molecular flexibility index (Phi) is 6.00. The van der Waals surface area contributed by atoms with Crippen LogP contribution in [0.15, 0.2) is 16.5 Å². The number of ether oxygens (including phenoxy) is 1. The lowest BCUT2D eigenvalue weighted by Gasteiger charge is -2.15. The van der Waals surface area contributed by atoms with Crippen LogP contribution in [0.1, 0.15) is 30.9 Å². The molecular weight excluding hydrogens is 236 g/mol. The smallest absolute Gasteiger partial charge is 0.166 e. The highest BCUT2D eigenvalue weighted by Crippen LogP contribution is 2.15. The van der Waals surface area contributed by atoms with E-state index in [9.17, 15) is 0 Å². The van der Waals surface area contributed by atoms with E-state index in [-0.39, 0.29) is 6.04 Å². The molecule has 96 valence electrons. The van der Waals surface area contributed by atoms with Gasteiger partial charge in [-0.05, 0) is 44.6 Å². The Balaban J connectivity index is 2.26. The summed E-state index contributed by atoms with van der Waals surface area (Å²) < 4.78 is 10.5. The minimum Gasteiger partial charge on any atom is -0.464 e. The Labute approximate surface area is 108 Å². The molecule has 1 heterocycles. The SMILES string of the molecule is COCCCNC(=S)NC(C)c1ccc(C)o1. The molecule has 0 bridgehead atoms. The number of methoxy groups -OCH3 is 1. The summed E-state index contributed by atoms with van der Waals surface area (Å²) in [5.74, 6) is 1.80. The van der Waals surface area contributed by atoms with Crippen molar-refractivity contribution in [2.75, 3.05) is 20.3 Å². The molecule has 2 N–H and O–H groups in total. The topological polar surface area (TPSA) is 46.4 Å². The average molecular weight is 256 g/mol. The first-order chi connectivity index (χ1) is 8.13. The first-order valence-corrected chi connectivity index (χ1v) is 6.14. The van der Waals surface area contributed by atoms with Crippen LogP contribution in [0.25, 0.3) is 0 Å². The molecule has 0 saturated heterocycles. The molecule has 1 atom stereocenters. The lowest BCUT2D eigenvalue weighted by Crippen LogP contribution is -2.37. The lowest BCUT2D eigenvalue weighted by molar-refractivity contribution is 0.195. The van der Waals surface area contributed by atoms with Crippen LogP contribution in [0.3, 0.4) is 0 Å². The van der Waals surface area contributed by atoms with Crippen molar-refractivity contribution in [1.29, 1.82) is 0 Å². The van der Waals surface area contributed by atoms with Crippen LogP contribution in [-0.4, -0.2) is 25.4 Å². The quantitative estimate of drug-likeness (QED) is 0.603. The third kappa shape index (κ3) is 5.19. The predicted molar refractivity (Wildman–Crippen MR) is 72.1 cm³/mol. The molecule has 1 rings (SSSR count). The van der Waals surface area contributed by atoms with E-state index in [4.69, 9.17) is 21.4 Å². The molecular formula is C12H20N2O2S. The van der Waals surface area contributed by atoms with Gasteiger partial charge in [-0.1, -0.05) is 0 Å². The van der Waals surface area contributed by atoms with Crippen LogP contribution in [0.2, 0.25) is 0 Å². The van der Waals surface area contributed by atoms with Crippen molar-refractivity contribution >= 4 is 17.3 Å². The zero-order valence-electron chi connectivity index (χ0n) is 10.6. The third-order valence-corrected chi connectivity index (χ3v) is 2.61. The van der Waals surface area contributed by atoms with Gasteiger partial charge in [-0.15, -0.1) is 0 Å². The molecule has 0 fully saturated rings. The van der Waals surface area contributed by atoms with Crippen molar-refractivity contribution in [3.63, 3.8) is 0 Å². The molecule has 0 aliphatic carbocycles. The summed E-state index contributed by atoms with van der Waals surface area (Å²) in [6.07, 6.45) is 0.937. The molecule has 0 radical (unpaired) electrons. The Bertz CT molecular complexity index is 352. The molecule has 0 saturated carbocycles. The van der Waals surface area contributed by atoms with E-state index in [0.29, 0.717) is 5.11 Å². The van der Waals surface area contributed by atoms with Gasteiger partial charge in [-0.3, -0.25) is 0 Å². The molecule has 4 nitrogen and oxygen atoms in total. The minimum absolute atomic E-state index is 0.0751. The van der Waals surface area contributed by atoms with Gasteiger partial charge in [0.05, 0.1) is 6.04 Å². The van der Waals surface area contributed by atoms with Gasteiger partial charge in [-0.25, -0.2) is 0 Å². The largest absolute Gasteiger partial charge is 0.464 e. The van der Waals surface area contributed by atoms with Crippen LogP contribution in [0, 0.1) is 6.92 Å². The molecule has 0 amide bonds. The van der Waals surface area contributed by atoms with Gasteiger partial charge in [-0.2, -0.15) is 0 Å². The molecule has 0 aromatic carbocycles. The normalized spacial score (nSPS) is 12.2. The van der Waals surface area contributed by atoms with Crippen molar-refractivity contribution in [2.24, 2.45) is 0 Å². The molecule has 1 unspecified atom stereocenters. The van der Waals surface area contributed by atoms with Gasteiger partial charge < -0.3 is 19.8 Å². The number of hydrogen-bond donors (Lipinski definition) is 2. The Hall–Kier alpha value is -1.07. The van der Waals surface area contributed by atoms with E-state index < -0.39 is 0 Å². The van der Waals surface area contributed by atoms with Crippen LogP contribution >= 0.6 is 12.2 Å². The number of hydrogen-bond acceptors (Lipinski definition) is 3. The summed E-state index contributed by atoms with van der Waals surface area (Å²) in [5, 5.41) is 6.94. The van der Waals surface area contributed by atoms with E-state index in [2.05, 4.69) is 10.6 Å². The number of thiocarbonyl (C=S) groups is 1. The summed E-state index contributed by atoms with van der Waals surface area (Å²) in [6, 6.07) is 3.98. The minimum atomic E-state index is 0.0751. The number of aryl methyl sites for hydroxylation is 1. The van der Waals surface area contributed by atoms with Crippen LogP contribution in [0.5, 0.6) is 0 Å². The summed E-state index contributed by atoms with van der Waals surface area (Å²) in [4.78, 5) is 0. The first kappa shape index (κ1) is 14.0. The molecule has 5 heteroatoms. The maximum absolute atomic E-state index is 5.52. The van der Waals surface area contributed by atoms with Crippen molar-refractivity contribution in [3.8, 4) is 0 Å². The summed E-state index contributed by atoms with van der Waals surface area (Å²) in [6.45, 7) is 5.49. The molecule has 0 aliphatic rings. The molecule has 1 aromatic heterocycles. The van der Waals surface area contributed by atoms with Crippen molar-refractivity contribution in [2.45, 2.75) is 26.3 Å². The van der Waals surface area contributed by atoms with Gasteiger partial charge in [0, 0.05) is 20.3 Å². The summed E-state index contributed by atoms with van der Waals surface area (Å²) in [5.41, 5.74) is 0.